The molecule has 0 bridgehead atoms. The number of benzene rings is 2. The molecule has 2 aromatic carbocycles. The van der Waals surface area contributed by atoms with Gasteiger partial charge in [0.15, 0.2) is 0 Å². The zero-order chi connectivity index (χ0) is 22.5. The summed E-state index contributed by atoms with van der Waals surface area (Å²) in [6, 6.07) is 24.2. The number of likely N-dealkylation sites (N-methyl/N-ethyl adjacent to an activating group) is 1. The molecule has 0 saturated heterocycles. The summed E-state index contributed by atoms with van der Waals surface area (Å²) in [5.41, 5.74) is 4.56. The Bertz CT molecular complexity index is 1150. The van der Waals surface area contributed by atoms with Crippen molar-refractivity contribution in [3.05, 3.63) is 95.0 Å². The summed E-state index contributed by atoms with van der Waals surface area (Å²) in [5, 5.41) is 6.86. The molecule has 1 amide bonds. The fourth-order valence-electron chi connectivity index (χ4n) is 3.50. The highest BCUT2D eigenvalue weighted by atomic mass is 32.1. The van der Waals surface area contributed by atoms with Crippen LogP contribution in [-0.2, 0) is 6.54 Å². The fraction of sp³-hybridized carbons (Fsp3) is 0.231. The lowest BCUT2D eigenvalue weighted by molar-refractivity contribution is 0.0722. The van der Waals surface area contributed by atoms with Crippen molar-refractivity contribution in [3.63, 3.8) is 0 Å². The summed E-state index contributed by atoms with van der Waals surface area (Å²) >= 11 is 1.63. The van der Waals surface area contributed by atoms with Gasteiger partial charge in [0.1, 0.15) is 11.4 Å². The Labute approximate surface area is 193 Å². The predicted octanol–water partition coefficient (Wildman–Crippen LogP) is 5.11. The molecule has 6 heteroatoms. The number of carbonyl (C=O) groups is 1. The predicted molar refractivity (Wildman–Crippen MR) is 131 cm³/mol. The SMILES string of the molecule is Cc1ccc(-n2nc(-c3cccs3)cc2C(=O)N(CCN(C)C)Cc2ccccc2)cc1. The Morgan fingerprint density at radius 3 is 2.38 bits per heavy atom. The van der Waals surface area contributed by atoms with E-state index in [1.54, 1.807) is 16.0 Å². The Kier molecular flexibility index (Phi) is 6.83. The average molecular weight is 445 g/mol. The largest absolute Gasteiger partial charge is 0.332 e. The topological polar surface area (TPSA) is 41.4 Å². The molecule has 0 fully saturated rings. The third-order valence-corrected chi connectivity index (χ3v) is 6.19. The Morgan fingerprint density at radius 2 is 1.72 bits per heavy atom. The zero-order valence-electron chi connectivity index (χ0n) is 18.7. The Hall–Kier alpha value is -3.22. The van der Waals surface area contributed by atoms with Crippen molar-refractivity contribution in [3.8, 4) is 16.3 Å². The summed E-state index contributed by atoms with van der Waals surface area (Å²) < 4.78 is 1.78. The summed E-state index contributed by atoms with van der Waals surface area (Å²) in [6.45, 7) is 4.03. The standard InChI is InChI=1S/C26H28N4OS/c1-20-11-13-22(14-12-20)30-24(18-23(27-30)25-10-7-17-32-25)26(31)29(16-15-28(2)3)19-21-8-5-4-6-9-21/h4-14,17-18H,15-16,19H2,1-3H3. The molecule has 0 radical (unpaired) electrons. The second kappa shape index (κ2) is 9.94. The van der Waals surface area contributed by atoms with Gasteiger partial charge in [-0.2, -0.15) is 5.10 Å². The van der Waals surface area contributed by atoms with Crippen LogP contribution in [0.4, 0.5) is 0 Å². The molecule has 0 N–H and O–H groups in total. The van der Waals surface area contributed by atoms with Crippen molar-refractivity contribution in [2.24, 2.45) is 0 Å². The van der Waals surface area contributed by atoms with Gasteiger partial charge in [0, 0.05) is 19.6 Å². The Balaban J connectivity index is 1.73. The van der Waals surface area contributed by atoms with Crippen LogP contribution in [0.5, 0.6) is 0 Å². The van der Waals surface area contributed by atoms with Crippen LogP contribution in [0.1, 0.15) is 21.6 Å². The lowest BCUT2D eigenvalue weighted by Crippen LogP contribution is -2.37. The lowest BCUT2D eigenvalue weighted by Gasteiger charge is -2.25. The molecule has 5 nitrogen and oxygen atoms in total. The molecule has 0 aliphatic heterocycles. The first kappa shape index (κ1) is 22.0. The normalized spacial score (nSPS) is 11.1. The van der Waals surface area contributed by atoms with E-state index in [2.05, 4.69) is 24.0 Å². The van der Waals surface area contributed by atoms with Crippen molar-refractivity contribution in [1.82, 2.24) is 19.6 Å². The van der Waals surface area contributed by atoms with Crippen LogP contribution in [0.25, 0.3) is 16.3 Å². The van der Waals surface area contributed by atoms with E-state index >= 15 is 0 Å². The third-order valence-electron chi connectivity index (χ3n) is 5.30. The van der Waals surface area contributed by atoms with E-state index in [0.717, 1.165) is 28.4 Å². The van der Waals surface area contributed by atoms with Crippen molar-refractivity contribution in [2.45, 2.75) is 13.5 Å². The van der Waals surface area contributed by atoms with Gasteiger partial charge in [0.05, 0.1) is 10.6 Å². The van der Waals surface area contributed by atoms with E-state index in [9.17, 15) is 4.79 Å². The van der Waals surface area contributed by atoms with Crippen molar-refractivity contribution in [2.75, 3.05) is 27.2 Å². The average Bonchev–Trinajstić information content (AvgIpc) is 3.47. The first-order chi connectivity index (χ1) is 15.5. The molecular formula is C26H28N4OS. The summed E-state index contributed by atoms with van der Waals surface area (Å²) in [5.74, 6) is -0.0217. The maximum Gasteiger partial charge on any atom is 0.272 e. The van der Waals surface area contributed by atoms with Gasteiger partial charge < -0.3 is 9.80 Å². The molecule has 4 rings (SSSR count). The Morgan fingerprint density at radius 1 is 0.969 bits per heavy atom. The third kappa shape index (κ3) is 5.15. The van der Waals surface area contributed by atoms with Crippen LogP contribution in [0.2, 0.25) is 0 Å². The van der Waals surface area contributed by atoms with Gasteiger partial charge >= 0.3 is 0 Å². The maximum atomic E-state index is 13.9. The highest BCUT2D eigenvalue weighted by Crippen LogP contribution is 2.27. The molecule has 0 saturated carbocycles. The van der Waals surface area contributed by atoms with Gasteiger partial charge in [-0.15, -0.1) is 11.3 Å². The quantitative estimate of drug-likeness (QED) is 0.379. The summed E-state index contributed by atoms with van der Waals surface area (Å²) in [6.07, 6.45) is 0. The van der Waals surface area contributed by atoms with Crippen LogP contribution < -0.4 is 0 Å². The number of aryl methyl sites for hydroxylation is 1. The number of hydrogen-bond acceptors (Lipinski definition) is 4. The smallest absolute Gasteiger partial charge is 0.272 e. The molecule has 164 valence electrons. The monoisotopic (exact) mass is 444 g/mol. The van der Waals surface area contributed by atoms with Crippen molar-refractivity contribution < 1.29 is 4.79 Å². The highest BCUT2D eigenvalue weighted by molar-refractivity contribution is 7.13. The molecule has 32 heavy (non-hydrogen) atoms. The fourth-order valence-corrected chi connectivity index (χ4v) is 4.18. The van der Waals surface area contributed by atoms with Crippen LogP contribution in [0, 0.1) is 6.92 Å². The molecule has 4 aromatic rings. The van der Waals surface area contributed by atoms with E-state index in [-0.39, 0.29) is 5.91 Å². The van der Waals surface area contributed by atoms with Gasteiger partial charge in [0.2, 0.25) is 0 Å². The van der Waals surface area contributed by atoms with Crippen LogP contribution in [0.15, 0.2) is 78.2 Å². The van der Waals surface area contributed by atoms with E-state index in [1.807, 2.05) is 85.0 Å². The first-order valence-electron chi connectivity index (χ1n) is 10.7. The number of hydrogen-bond donors (Lipinski definition) is 0. The van der Waals surface area contributed by atoms with E-state index in [0.29, 0.717) is 18.8 Å². The van der Waals surface area contributed by atoms with Crippen molar-refractivity contribution in [1.29, 1.82) is 0 Å². The minimum absolute atomic E-state index is 0.0217. The van der Waals surface area contributed by atoms with Crippen LogP contribution >= 0.6 is 11.3 Å². The second-order valence-corrected chi connectivity index (χ2v) is 9.10. The van der Waals surface area contributed by atoms with E-state index < -0.39 is 0 Å². The van der Waals surface area contributed by atoms with Gasteiger partial charge in [-0.1, -0.05) is 54.1 Å². The van der Waals surface area contributed by atoms with E-state index in [1.165, 1.54) is 5.56 Å². The van der Waals surface area contributed by atoms with Crippen LogP contribution in [0.3, 0.4) is 0 Å². The zero-order valence-corrected chi connectivity index (χ0v) is 19.5. The first-order valence-corrected chi connectivity index (χ1v) is 11.6. The van der Waals surface area contributed by atoms with Crippen LogP contribution in [-0.4, -0.2) is 52.7 Å². The number of nitrogens with zero attached hydrogens (tertiary/aromatic N) is 4. The van der Waals surface area contributed by atoms with Gasteiger partial charge in [-0.25, -0.2) is 4.68 Å². The molecule has 2 heterocycles. The second-order valence-electron chi connectivity index (χ2n) is 8.16. The number of amides is 1. The van der Waals surface area contributed by atoms with Gasteiger partial charge in [0.25, 0.3) is 5.91 Å². The molecule has 0 aliphatic rings. The molecule has 0 atom stereocenters. The van der Waals surface area contributed by atoms with Gasteiger partial charge in [-0.05, 0) is 56.2 Å². The molecule has 0 spiro atoms. The summed E-state index contributed by atoms with van der Waals surface area (Å²) in [4.78, 5) is 18.9. The molecule has 2 aromatic heterocycles. The lowest BCUT2D eigenvalue weighted by atomic mass is 10.2. The molecular weight excluding hydrogens is 416 g/mol. The van der Waals surface area contributed by atoms with E-state index in [4.69, 9.17) is 5.10 Å². The number of aromatic nitrogens is 2. The highest BCUT2D eigenvalue weighted by Gasteiger charge is 2.23. The molecule has 0 unspecified atom stereocenters. The summed E-state index contributed by atoms with van der Waals surface area (Å²) in [7, 11) is 4.05. The number of thiophene rings is 1. The van der Waals surface area contributed by atoms with Gasteiger partial charge in [-0.3, -0.25) is 4.79 Å². The number of carbonyl (C=O) groups excluding carboxylic acids is 1. The number of rotatable bonds is 8. The molecule has 0 aliphatic carbocycles. The minimum atomic E-state index is -0.0217. The van der Waals surface area contributed by atoms with Crippen molar-refractivity contribution >= 4 is 17.2 Å². The maximum absolute atomic E-state index is 13.9. The minimum Gasteiger partial charge on any atom is -0.332 e.